The number of amides is 1. The number of ether oxygens (including phenoxy) is 1. The van der Waals surface area contributed by atoms with Crippen LogP contribution in [0.1, 0.15) is 35.5 Å². The van der Waals surface area contributed by atoms with Crippen molar-refractivity contribution in [1.82, 2.24) is 5.32 Å². The fourth-order valence-corrected chi connectivity index (χ4v) is 2.21. The molecule has 0 radical (unpaired) electrons. The number of methoxy groups -OCH3 is 1. The van der Waals surface area contributed by atoms with E-state index in [2.05, 4.69) is 5.32 Å². The molecule has 1 amide bonds. The van der Waals surface area contributed by atoms with Crippen molar-refractivity contribution in [2.24, 2.45) is 0 Å². The molecule has 1 aromatic heterocycles. The van der Waals surface area contributed by atoms with Gasteiger partial charge in [0.15, 0.2) is 0 Å². The van der Waals surface area contributed by atoms with Crippen LogP contribution in [0.5, 0.6) is 0 Å². The summed E-state index contributed by atoms with van der Waals surface area (Å²) < 4.78 is 4.99. The smallest absolute Gasteiger partial charge is 0.329 e. The maximum absolute atomic E-state index is 12.1. The van der Waals surface area contributed by atoms with Crippen molar-refractivity contribution in [3.63, 3.8) is 0 Å². The van der Waals surface area contributed by atoms with E-state index < -0.39 is 11.5 Å². The summed E-state index contributed by atoms with van der Waals surface area (Å²) in [6.45, 7) is 3.55. The molecule has 100 valence electrons. The molecule has 0 bridgehead atoms. The number of rotatable bonds is 6. The number of aliphatic carboxylic acids is 1. The summed E-state index contributed by atoms with van der Waals surface area (Å²) >= 11 is 1.28. The molecule has 1 heterocycles. The van der Waals surface area contributed by atoms with Crippen LogP contribution in [0.2, 0.25) is 0 Å². The molecule has 5 nitrogen and oxygen atoms in total. The number of nitrogens with one attached hydrogen (secondary N) is 1. The Morgan fingerprint density at radius 2 is 2.22 bits per heavy atom. The highest BCUT2D eigenvalue weighted by molar-refractivity contribution is 7.12. The summed E-state index contributed by atoms with van der Waals surface area (Å²) in [6, 6.07) is 1.80. The van der Waals surface area contributed by atoms with Crippen LogP contribution in [0.15, 0.2) is 11.4 Å². The predicted molar refractivity (Wildman–Crippen MR) is 68.8 cm³/mol. The number of thiophene rings is 1. The lowest BCUT2D eigenvalue weighted by Gasteiger charge is -2.24. The molecule has 0 aromatic carbocycles. The number of hydrogen-bond acceptors (Lipinski definition) is 4. The first-order valence-electron chi connectivity index (χ1n) is 5.55. The average Bonchev–Trinajstić information content (AvgIpc) is 2.77. The molecule has 18 heavy (non-hydrogen) atoms. The van der Waals surface area contributed by atoms with E-state index in [1.807, 2.05) is 0 Å². The zero-order valence-corrected chi connectivity index (χ0v) is 11.5. The Labute approximate surface area is 110 Å². The molecular weight excluding hydrogens is 254 g/mol. The Kier molecular flexibility index (Phi) is 4.86. The summed E-state index contributed by atoms with van der Waals surface area (Å²) in [5.74, 6) is -1.41. The molecular formula is C12H17NO4S. The van der Waals surface area contributed by atoms with Gasteiger partial charge in [0.2, 0.25) is 0 Å². The topological polar surface area (TPSA) is 75.6 Å². The van der Waals surface area contributed by atoms with Gasteiger partial charge in [0.1, 0.15) is 5.54 Å². The van der Waals surface area contributed by atoms with E-state index in [1.165, 1.54) is 18.3 Å². The maximum atomic E-state index is 12.1. The Morgan fingerprint density at radius 1 is 1.56 bits per heavy atom. The van der Waals surface area contributed by atoms with Gasteiger partial charge >= 0.3 is 5.97 Å². The van der Waals surface area contributed by atoms with Crippen molar-refractivity contribution in [2.75, 3.05) is 7.11 Å². The van der Waals surface area contributed by atoms with E-state index >= 15 is 0 Å². The van der Waals surface area contributed by atoms with Crippen LogP contribution in [-0.4, -0.2) is 29.6 Å². The van der Waals surface area contributed by atoms with E-state index in [1.54, 1.807) is 25.5 Å². The SMILES string of the molecule is CCC(C)(NC(=O)c1sccc1COC)C(=O)O. The first kappa shape index (κ1) is 14.7. The van der Waals surface area contributed by atoms with Crippen LogP contribution in [0.3, 0.4) is 0 Å². The molecule has 6 heteroatoms. The third-order valence-electron chi connectivity index (χ3n) is 2.82. The van der Waals surface area contributed by atoms with Gasteiger partial charge in [-0.15, -0.1) is 11.3 Å². The number of carboxylic acids is 1. The van der Waals surface area contributed by atoms with Crippen molar-refractivity contribution >= 4 is 23.2 Å². The molecule has 0 saturated heterocycles. The molecule has 0 aliphatic rings. The lowest BCUT2D eigenvalue weighted by Crippen LogP contribution is -2.51. The second-order valence-corrected chi connectivity index (χ2v) is 5.07. The normalized spacial score (nSPS) is 13.9. The van der Waals surface area contributed by atoms with Crippen molar-refractivity contribution in [3.05, 3.63) is 21.9 Å². The molecule has 1 atom stereocenters. The van der Waals surface area contributed by atoms with Gasteiger partial charge in [-0.3, -0.25) is 4.79 Å². The molecule has 1 rings (SSSR count). The van der Waals surface area contributed by atoms with Crippen LogP contribution < -0.4 is 5.32 Å². The van der Waals surface area contributed by atoms with Crippen molar-refractivity contribution in [1.29, 1.82) is 0 Å². The monoisotopic (exact) mass is 271 g/mol. The van der Waals surface area contributed by atoms with E-state index in [-0.39, 0.29) is 5.91 Å². The van der Waals surface area contributed by atoms with Gasteiger partial charge in [-0.25, -0.2) is 4.79 Å². The number of carbonyl (C=O) groups excluding carboxylic acids is 1. The molecule has 1 aromatic rings. The number of carboxylic acid groups (broad SMARTS) is 1. The van der Waals surface area contributed by atoms with Crippen LogP contribution >= 0.6 is 11.3 Å². The Morgan fingerprint density at radius 3 is 2.72 bits per heavy atom. The van der Waals surface area contributed by atoms with E-state index in [0.29, 0.717) is 17.9 Å². The lowest BCUT2D eigenvalue weighted by molar-refractivity contribution is -0.143. The summed E-state index contributed by atoms with van der Waals surface area (Å²) in [5.41, 5.74) is -0.477. The molecule has 0 aliphatic carbocycles. The molecule has 0 fully saturated rings. The van der Waals surface area contributed by atoms with Gasteiger partial charge < -0.3 is 15.2 Å². The Hall–Kier alpha value is -1.40. The fraction of sp³-hybridized carbons (Fsp3) is 0.500. The molecule has 0 saturated carbocycles. The summed E-state index contributed by atoms with van der Waals surface area (Å²) in [7, 11) is 1.55. The van der Waals surface area contributed by atoms with Gasteiger partial charge in [0, 0.05) is 12.7 Å². The molecule has 0 spiro atoms. The van der Waals surface area contributed by atoms with Gasteiger partial charge in [-0.1, -0.05) is 6.92 Å². The lowest BCUT2D eigenvalue weighted by atomic mass is 9.99. The first-order valence-corrected chi connectivity index (χ1v) is 6.43. The quantitative estimate of drug-likeness (QED) is 0.828. The summed E-state index contributed by atoms with van der Waals surface area (Å²) in [5, 5.41) is 13.5. The number of hydrogen-bond donors (Lipinski definition) is 2. The van der Waals surface area contributed by atoms with Crippen molar-refractivity contribution in [3.8, 4) is 0 Å². The minimum Gasteiger partial charge on any atom is -0.480 e. The summed E-state index contributed by atoms with van der Waals surface area (Å²) in [6.07, 6.45) is 0.319. The third kappa shape index (κ3) is 3.08. The zero-order chi connectivity index (χ0) is 13.8. The van der Waals surface area contributed by atoms with Crippen molar-refractivity contribution in [2.45, 2.75) is 32.4 Å². The highest BCUT2D eigenvalue weighted by Gasteiger charge is 2.33. The Balaban J connectivity index is 2.88. The van der Waals surface area contributed by atoms with Gasteiger partial charge in [-0.2, -0.15) is 0 Å². The van der Waals surface area contributed by atoms with Gasteiger partial charge in [0.25, 0.3) is 5.91 Å². The minimum absolute atomic E-state index is 0.319. The van der Waals surface area contributed by atoms with Crippen LogP contribution in [-0.2, 0) is 16.1 Å². The minimum atomic E-state index is -1.24. The van der Waals surface area contributed by atoms with E-state index in [9.17, 15) is 9.59 Å². The largest absolute Gasteiger partial charge is 0.480 e. The average molecular weight is 271 g/mol. The zero-order valence-electron chi connectivity index (χ0n) is 10.6. The van der Waals surface area contributed by atoms with Gasteiger partial charge in [-0.05, 0) is 24.8 Å². The predicted octanol–water partition coefficient (Wildman–Crippen LogP) is 1.88. The van der Waals surface area contributed by atoms with Crippen LogP contribution in [0.25, 0.3) is 0 Å². The van der Waals surface area contributed by atoms with E-state index in [0.717, 1.165) is 5.56 Å². The highest BCUT2D eigenvalue weighted by Crippen LogP contribution is 2.19. The summed E-state index contributed by atoms with van der Waals surface area (Å²) in [4.78, 5) is 23.7. The second-order valence-electron chi connectivity index (χ2n) is 4.15. The number of carbonyl (C=O) groups is 2. The second kappa shape index (κ2) is 5.97. The highest BCUT2D eigenvalue weighted by atomic mass is 32.1. The third-order valence-corrected chi connectivity index (χ3v) is 3.78. The molecule has 2 N–H and O–H groups in total. The standard InChI is InChI=1S/C12H17NO4S/c1-4-12(2,11(15)16)13-10(14)9-8(7-17-3)5-6-18-9/h5-6H,4,7H2,1-3H3,(H,13,14)(H,15,16). The van der Waals surface area contributed by atoms with Crippen LogP contribution in [0, 0.1) is 0 Å². The van der Waals surface area contributed by atoms with Crippen LogP contribution in [0.4, 0.5) is 0 Å². The first-order chi connectivity index (χ1) is 8.44. The maximum Gasteiger partial charge on any atom is 0.329 e. The molecule has 1 unspecified atom stereocenters. The van der Waals surface area contributed by atoms with E-state index in [4.69, 9.17) is 9.84 Å². The van der Waals surface area contributed by atoms with Crippen molar-refractivity contribution < 1.29 is 19.4 Å². The fourth-order valence-electron chi connectivity index (χ4n) is 1.40. The van der Waals surface area contributed by atoms with Gasteiger partial charge in [0.05, 0.1) is 11.5 Å². The molecule has 0 aliphatic heterocycles. The Bertz CT molecular complexity index is 443.